The van der Waals surface area contributed by atoms with Crippen molar-refractivity contribution in [1.82, 2.24) is 4.98 Å². The molecule has 1 unspecified atom stereocenters. The number of carbonyl (C=O) groups excluding carboxylic acids is 1. The molecule has 1 fully saturated rings. The number of hydrogen-bond acceptors (Lipinski definition) is 5. The first kappa shape index (κ1) is 20.9. The number of pyridine rings is 1. The first-order valence-electron chi connectivity index (χ1n) is 9.49. The number of benzene rings is 2. The topological polar surface area (TPSA) is 60.9 Å². The fourth-order valence-electron chi connectivity index (χ4n) is 3.36. The Bertz CT molecular complexity index is 1080. The molecule has 162 valence electrons. The summed E-state index contributed by atoms with van der Waals surface area (Å²) in [6.07, 6.45) is -3.09. The van der Waals surface area contributed by atoms with E-state index in [4.69, 9.17) is 9.47 Å². The number of carbonyl (C=O) groups is 1. The van der Waals surface area contributed by atoms with Gasteiger partial charge >= 0.3 is 6.36 Å². The second-order valence-corrected chi connectivity index (χ2v) is 7.38. The van der Waals surface area contributed by atoms with Crippen molar-refractivity contribution in [2.45, 2.75) is 18.9 Å². The maximum atomic E-state index is 12.4. The normalized spacial score (nSPS) is 19.5. The average Bonchev–Trinajstić information content (AvgIpc) is 2.74. The van der Waals surface area contributed by atoms with Gasteiger partial charge in [-0.05, 0) is 43.3 Å². The number of aromatic nitrogens is 1. The summed E-state index contributed by atoms with van der Waals surface area (Å²) < 4.78 is 52.7. The van der Waals surface area contributed by atoms with Crippen LogP contribution in [0.25, 0.3) is 10.9 Å². The van der Waals surface area contributed by atoms with Crippen molar-refractivity contribution in [3.8, 4) is 11.5 Å². The van der Waals surface area contributed by atoms with Crippen LogP contribution in [0.3, 0.4) is 0 Å². The summed E-state index contributed by atoms with van der Waals surface area (Å²) in [5, 5.41) is 0.938. The number of para-hydroxylation sites is 1. The Balaban J connectivity index is 1.48. The summed E-state index contributed by atoms with van der Waals surface area (Å²) in [6.45, 7) is 1.96. The van der Waals surface area contributed by atoms with E-state index in [9.17, 15) is 18.0 Å². The van der Waals surface area contributed by atoms with Gasteiger partial charge < -0.3 is 19.1 Å². The van der Waals surface area contributed by atoms with Crippen molar-refractivity contribution < 1.29 is 32.2 Å². The molecule has 9 heteroatoms. The van der Waals surface area contributed by atoms with Crippen LogP contribution in [0.15, 0.2) is 60.8 Å². The molecule has 0 spiro atoms. The zero-order valence-electron chi connectivity index (χ0n) is 16.6. The van der Waals surface area contributed by atoms with Gasteiger partial charge in [0.05, 0.1) is 6.54 Å². The van der Waals surface area contributed by atoms with E-state index >= 15 is 0 Å². The second-order valence-electron chi connectivity index (χ2n) is 7.38. The summed E-state index contributed by atoms with van der Waals surface area (Å²) in [6, 6.07) is 14.5. The fraction of sp³-hybridized carbons (Fsp3) is 0.273. The molecule has 4 rings (SSSR count). The molecule has 1 atom stereocenters. The number of alkyl halides is 3. The number of fused-ring (bicyclic) bond motifs is 1. The lowest BCUT2D eigenvalue weighted by Gasteiger charge is -2.39. The van der Waals surface area contributed by atoms with Crippen LogP contribution < -0.4 is 14.4 Å². The lowest BCUT2D eigenvalue weighted by Crippen LogP contribution is -2.56. The van der Waals surface area contributed by atoms with Gasteiger partial charge in [0.25, 0.3) is 5.91 Å². The van der Waals surface area contributed by atoms with E-state index < -0.39 is 12.0 Å². The number of amides is 1. The molecule has 1 amide bonds. The van der Waals surface area contributed by atoms with Gasteiger partial charge in [0.15, 0.2) is 0 Å². The fourth-order valence-corrected chi connectivity index (χ4v) is 3.36. The van der Waals surface area contributed by atoms with Gasteiger partial charge in [0.1, 0.15) is 35.8 Å². The van der Waals surface area contributed by atoms with Crippen molar-refractivity contribution in [3.05, 3.63) is 60.8 Å². The van der Waals surface area contributed by atoms with Gasteiger partial charge in [-0.3, -0.25) is 9.78 Å². The highest BCUT2D eigenvalue weighted by molar-refractivity contribution is 5.95. The van der Waals surface area contributed by atoms with Gasteiger partial charge in [0.2, 0.25) is 0 Å². The van der Waals surface area contributed by atoms with E-state index in [2.05, 4.69) is 9.72 Å². The quantitative estimate of drug-likeness (QED) is 0.601. The van der Waals surface area contributed by atoms with E-state index in [0.717, 1.165) is 10.9 Å². The van der Waals surface area contributed by atoms with Crippen LogP contribution in [0.5, 0.6) is 11.5 Å². The summed E-state index contributed by atoms with van der Waals surface area (Å²) >= 11 is 0. The van der Waals surface area contributed by atoms with Crippen molar-refractivity contribution in [2.24, 2.45) is 0 Å². The lowest BCUT2D eigenvalue weighted by molar-refractivity contribution is -0.274. The summed E-state index contributed by atoms with van der Waals surface area (Å²) in [5.41, 5.74) is 0.338. The van der Waals surface area contributed by atoms with Crippen LogP contribution in [0.1, 0.15) is 6.92 Å². The molecule has 0 bridgehead atoms. The first-order chi connectivity index (χ1) is 14.7. The van der Waals surface area contributed by atoms with Crippen molar-refractivity contribution in [3.63, 3.8) is 0 Å². The smallest absolute Gasteiger partial charge is 0.488 e. The van der Waals surface area contributed by atoms with Gasteiger partial charge in [-0.25, -0.2) is 0 Å². The largest absolute Gasteiger partial charge is 0.573 e. The van der Waals surface area contributed by atoms with Crippen molar-refractivity contribution >= 4 is 22.5 Å². The number of ether oxygens (including phenoxy) is 3. The Morgan fingerprint density at radius 3 is 2.61 bits per heavy atom. The number of halogens is 3. The first-order valence-corrected chi connectivity index (χ1v) is 9.49. The van der Waals surface area contributed by atoms with Crippen molar-refractivity contribution in [1.29, 1.82) is 0 Å². The van der Waals surface area contributed by atoms with E-state index in [-0.39, 0.29) is 31.4 Å². The van der Waals surface area contributed by atoms with Gasteiger partial charge in [-0.2, -0.15) is 0 Å². The minimum atomic E-state index is -4.78. The Labute approximate surface area is 176 Å². The monoisotopic (exact) mass is 432 g/mol. The molecular weight excluding hydrogens is 413 g/mol. The highest BCUT2D eigenvalue weighted by Crippen LogP contribution is 2.30. The Morgan fingerprint density at radius 2 is 1.87 bits per heavy atom. The van der Waals surface area contributed by atoms with E-state index in [0.29, 0.717) is 11.4 Å². The maximum absolute atomic E-state index is 12.4. The van der Waals surface area contributed by atoms with E-state index in [1.54, 1.807) is 6.20 Å². The summed E-state index contributed by atoms with van der Waals surface area (Å²) in [7, 11) is 0. The van der Waals surface area contributed by atoms with Crippen molar-refractivity contribution in [2.75, 3.05) is 24.7 Å². The molecule has 0 N–H and O–H groups in total. The molecular formula is C22H19F3N2O4. The molecule has 0 saturated carbocycles. The molecule has 1 aliphatic heterocycles. The Morgan fingerprint density at radius 1 is 1.13 bits per heavy atom. The Hall–Kier alpha value is -3.33. The predicted octanol–water partition coefficient (Wildman–Crippen LogP) is 4.33. The van der Waals surface area contributed by atoms with Gasteiger partial charge in [-0.15, -0.1) is 13.2 Å². The molecule has 6 nitrogen and oxygen atoms in total. The highest BCUT2D eigenvalue weighted by Gasteiger charge is 2.38. The van der Waals surface area contributed by atoms with Crippen LogP contribution in [-0.4, -0.2) is 42.6 Å². The number of hydrogen-bond donors (Lipinski definition) is 0. The van der Waals surface area contributed by atoms with E-state index in [1.807, 2.05) is 37.3 Å². The zero-order valence-corrected chi connectivity index (χ0v) is 16.6. The second kappa shape index (κ2) is 8.07. The molecule has 2 heterocycles. The van der Waals surface area contributed by atoms with Crippen LogP contribution in [-0.2, 0) is 9.53 Å². The van der Waals surface area contributed by atoms with Crippen LogP contribution in [0, 0.1) is 0 Å². The molecule has 1 aliphatic rings. The van der Waals surface area contributed by atoms with Gasteiger partial charge in [-0.1, -0.05) is 18.2 Å². The zero-order chi connectivity index (χ0) is 22.1. The molecule has 2 aromatic carbocycles. The Kier molecular flexibility index (Phi) is 5.45. The summed E-state index contributed by atoms with van der Waals surface area (Å²) in [5.74, 6) is -0.0553. The van der Waals surface area contributed by atoms with Crippen LogP contribution in [0.2, 0.25) is 0 Å². The number of nitrogens with zero attached hydrogens (tertiary/aromatic N) is 2. The standard InChI is InChI=1S/C22H19F3N2O4/c1-21(14-29-18-6-2-4-15-5-3-11-26-20(15)18)13-27(19(28)12-30-21)16-7-9-17(10-8-16)31-22(23,24)25/h2-11H,12-14H2,1H3. The summed E-state index contributed by atoms with van der Waals surface area (Å²) in [4.78, 5) is 18.2. The minimum absolute atomic E-state index is 0.155. The molecule has 3 aromatic rings. The van der Waals surface area contributed by atoms with Gasteiger partial charge in [0, 0.05) is 17.3 Å². The number of morpholine rings is 1. The molecule has 1 aromatic heterocycles. The third kappa shape index (κ3) is 4.88. The predicted molar refractivity (Wildman–Crippen MR) is 107 cm³/mol. The molecule has 1 saturated heterocycles. The lowest BCUT2D eigenvalue weighted by atomic mass is 10.0. The highest BCUT2D eigenvalue weighted by atomic mass is 19.4. The third-order valence-electron chi connectivity index (χ3n) is 4.85. The number of rotatable bonds is 5. The van der Waals surface area contributed by atoms with E-state index in [1.165, 1.54) is 29.2 Å². The average molecular weight is 432 g/mol. The minimum Gasteiger partial charge on any atom is -0.488 e. The number of anilines is 1. The third-order valence-corrected chi connectivity index (χ3v) is 4.85. The molecule has 0 radical (unpaired) electrons. The maximum Gasteiger partial charge on any atom is 0.573 e. The molecule has 0 aliphatic carbocycles. The van der Waals surface area contributed by atoms with Crippen LogP contribution in [0.4, 0.5) is 18.9 Å². The SMILES string of the molecule is CC1(COc2cccc3cccnc23)CN(c2ccc(OC(F)(F)F)cc2)C(=O)CO1. The van der Waals surface area contributed by atoms with Crippen LogP contribution >= 0.6 is 0 Å². The molecule has 31 heavy (non-hydrogen) atoms.